The first-order chi connectivity index (χ1) is 27.2. The fraction of sp³-hybridized carbons (Fsp3) is 0.0392. The summed E-state index contributed by atoms with van der Waals surface area (Å²) in [5, 5.41) is 17.1. The summed E-state index contributed by atoms with van der Waals surface area (Å²) in [6, 6.07) is 66.9. The number of benzene rings is 9. The number of rotatable bonds is 5. The third kappa shape index (κ3) is 5.38. The van der Waals surface area contributed by atoms with E-state index in [1.54, 1.807) is 0 Å². The van der Waals surface area contributed by atoms with Crippen LogP contribution in [0.25, 0.3) is 76.5 Å². The highest BCUT2D eigenvalue weighted by molar-refractivity contribution is 6.19. The van der Waals surface area contributed by atoms with Crippen molar-refractivity contribution in [3.05, 3.63) is 205 Å². The Bertz CT molecular complexity index is 3110. The molecule has 2 unspecified atom stereocenters. The van der Waals surface area contributed by atoms with Gasteiger partial charge in [0.1, 0.15) is 29.3 Å². The molecule has 11 rings (SSSR count). The van der Waals surface area contributed by atoms with E-state index in [-0.39, 0.29) is 12.3 Å². The third-order valence-electron chi connectivity index (χ3n) is 11.1. The standard InChI is InChI=1S/C51H35N3O/c1-2-12-32(13-3-1)34-24-27-35(28-25-34)40-20-10-21-43-47-44(22-11-23-46(47)55-48(40)43)50-52-49(38-29-26-33-14-4-5-15-36(33)30-38)53-51(54-50)45-31-37-16-6-7-17-39(37)41-18-8-9-19-42(41)45/h1-31,49-50,52H,(H,53,54). The van der Waals surface area contributed by atoms with Crippen molar-refractivity contribution in [2.75, 3.05) is 0 Å². The molecule has 2 N–H and O–H groups in total. The molecule has 0 amide bonds. The third-order valence-corrected chi connectivity index (χ3v) is 11.1. The summed E-state index contributed by atoms with van der Waals surface area (Å²) in [4.78, 5) is 5.53. The van der Waals surface area contributed by atoms with Crippen molar-refractivity contribution in [1.82, 2.24) is 10.6 Å². The highest BCUT2D eigenvalue weighted by Gasteiger charge is 2.29. The smallest absolute Gasteiger partial charge is 0.143 e. The van der Waals surface area contributed by atoms with E-state index in [0.717, 1.165) is 55.6 Å². The van der Waals surface area contributed by atoms with Gasteiger partial charge in [0, 0.05) is 27.5 Å². The molecule has 9 aromatic carbocycles. The summed E-state index contributed by atoms with van der Waals surface area (Å²) in [6.45, 7) is 0. The van der Waals surface area contributed by atoms with Crippen LogP contribution in [-0.2, 0) is 0 Å². The molecule has 1 aromatic heterocycles. The molecule has 2 heterocycles. The molecule has 0 aliphatic carbocycles. The van der Waals surface area contributed by atoms with E-state index in [4.69, 9.17) is 9.41 Å². The first-order valence-electron chi connectivity index (χ1n) is 18.9. The Morgan fingerprint density at radius 1 is 0.455 bits per heavy atom. The van der Waals surface area contributed by atoms with Gasteiger partial charge in [-0.1, -0.05) is 170 Å². The number of para-hydroxylation sites is 1. The molecule has 0 bridgehead atoms. The fourth-order valence-electron chi connectivity index (χ4n) is 8.47. The van der Waals surface area contributed by atoms with Crippen LogP contribution >= 0.6 is 0 Å². The summed E-state index contributed by atoms with van der Waals surface area (Å²) in [7, 11) is 0. The van der Waals surface area contributed by atoms with Crippen molar-refractivity contribution in [2.45, 2.75) is 12.3 Å². The molecule has 0 radical (unpaired) electrons. The van der Waals surface area contributed by atoms with Gasteiger partial charge in [0.2, 0.25) is 0 Å². The van der Waals surface area contributed by atoms with Gasteiger partial charge in [-0.3, -0.25) is 5.32 Å². The van der Waals surface area contributed by atoms with Crippen molar-refractivity contribution >= 4 is 60.1 Å². The first-order valence-corrected chi connectivity index (χ1v) is 18.9. The second kappa shape index (κ2) is 12.8. The molecule has 0 saturated carbocycles. The van der Waals surface area contributed by atoms with E-state index in [1.165, 1.54) is 43.4 Å². The predicted molar refractivity (Wildman–Crippen MR) is 228 cm³/mol. The lowest BCUT2D eigenvalue weighted by molar-refractivity contribution is 0.411. The second-order valence-corrected chi connectivity index (χ2v) is 14.4. The van der Waals surface area contributed by atoms with E-state index in [1.807, 2.05) is 0 Å². The SMILES string of the molecule is c1ccc(-c2ccc(-c3cccc4c3oc3cccc(C5N=C(c6cc7ccccc7c7ccccc67)NC(c6ccc7ccccc7c6)N5)c34)cc2)cc1. The number of furan rings is 1. The first kappa shape index (κ1) is 31.5. The van der Waals surface area contributed by atoms with Crippen molar-refractivity contribution in [1.29, 1.82) is 0 Å². The summed E-state index contributed by atoms with van der Waals surface area (Å²) >= 11 is 0. The van der Waals surface area contributed by atoms with Crippen molar-refractivity contribution in [3.63, 3.8) is 0 Å². The molecule has 55 heavy (non-hydrogen) atoms. The lowest BCUT2D eigenvalue weighted by atomic mass is 9.95. The molecule has 4 heteroatoms. The van der Waals surface area contributed by atoms with Gasteiger partial charge >= 0.3 is 0 Å². The van der Waals surface area contributed by atoms with Gasteiger partial charge in [-0.05, 0) is 72.8 Å². The number of amidine groups is 1. The Labute approximate surface area is 318 Å². The topological polar surface area (TPSA) is 49.6 Å². The highest BCUT2D eigenvalue weighted by Crippen LogP contribution is 2.41. The number of aliphatic imine (C=N–C) groups is 1. The molecule has 10 aromatic rings. The van der Waals surface area contributed by atoms with Crippen molar-refractivity contribution in [2.24, 2.45) is 4.99 Å². The molecule has 0 spiro atoms. The van der Waals surface area contributed by atoms with Crippen LogP contribution in [0.4, 0.5) is 0 Å². The highest BCUT2D eigenvalue weighted by atomic mass is 16.3. The second-order valence-electron chi connectivity index (χ2n) is 14.4. The number of fused-ring (bicyclic) bond motifs is 7. The van der Waals surface area contributed by atoms with Crippen LogP contribution in [0, 0.1) is 0 Å². The van der Waals surface area contributed by atoms with E-state index in [2.05, 4.69) is 199 Å². The molecule has 4 nitrogen and oxygen atoms in total. The Balaban J connectivity index is 1.08. The molecular formula is C51H35N3O. The maximum atomic E-state index is 6.77. The summed E-state index contributed by atoms with van der Waals surface area (Å²) in [5.74, 6) is 0.855. The van der Waals surface area contributed by atoms with E-state index in [0.29, 0.717) is 0 Å². The number of hydrogen-bond donors (Lipinski definition) is 2. The Morgan fingerprint density at radius 3 is 1.98 bits per heavy atom. The van der Waals surface area contributed by atoms with Gasteiger partial charge in [0.15, 0.2) is 0 Å². The zero-order valence-electron chi connectivity index (χ0n) is 29.9. The van der Waals surface area contributed by atoms with Crippen molar-refractivity contribution < 1.29 is 4.42 Å². The minimum Gasteiger partial charge on any atom is -0.455 e. The monoisotopic (exact) mass is 705 g/mol. The quantitative estimate of drug-likeness (QED) is 0.175. The van der Waals surface area contributed by atoms with E-state index in [9.17, 15) is 0 Å². The van der Waals surface area contributed by atoms with Gasteiger partial charge in [-0.2, -0.15) is 0 Å². The molecule has 0 saturated heterocycles. The van der Waals surface area contributed by atoms with Crippen LogP contribution in [0.2, 0.25) is 0 Å². The number of hydrogen-bond acceptors (Lipinski definition) is 4. The molecule has 2 atom stereocenters. The zero-order chi connectivity index (χ0) is 36.3. The molecule has 0 fully saturated rings. The minimum atomic E-state index is -0.365. The summed E-state index contributed by atoms with van der Waals surface area (Å²) in [5.41, 5.74) is 9.59. The van der Waals surface area contributed by atoms with Crippen LogP contribution in [0.1, 0.15) is 29.0 Å². The Hall–Kier alpha value is -7.01. The number of nitrogens with zero attached hydrogens (tertiary/aromatic N) is 1. The van der Waals surface area contributed by atoms with Crippen molar-refractivity contribution in [3.8, 4) is 22.3 Å². The van der Waals surface area contributed by atoms with Gasteiger partial charge in [-0.25, -0.2) is 4.99 Å². The molecule has 1 aliphatic rings. The van der Waals surface area contributed by atoms with Crippen LogP contribution in [0.15, 0.2) is 197 Å². The lowest BCUT2D eigenvalue weighted by Crippen LogP contribution is -2.45. The van der Waals surface area contributed by atoms with Crippen LogP contribution < -0.4 is 10.6 Å². The average molecular weight is 706 g/mol. The normalized spacial score (nSPS) is 15.8. The fourth-order valence-corrected chi connectivity index (χ4v) is 8.47. The summed E-state index contributed by atoms with van der Waals surface area (Å²) < 4.78 is 6.77. The van der Waals surface area contributed by atoms with E-state index < -0.39 is 0 Å². The largest absolute Gasteiger partial charge is 0.455 e. The maximum Gasteiger partial charge on any atom is 0.143 e. The molecular weight excluding hydrogens is 671 g/mol. The average Bonchev–Trinajstić information content (AvgIpc) is 3.65. The molecule has 260 valence electrons. The predicted octanol–water partition coefficient (Wildman–Crippen LogP) is 12.7. The zero-order valence-corrected chi connectivity index (χ0v) is 29.9. The lowest BCUT2D eigenvalue weighted by Gasteiger charge is -2.33. The van der Waals surface area contributed by atoms with E-state index >= 15 is 0 Å². The van der Waals surface area contributed by atoms with Gasteiger partial charge in [0.25, 0.3) is 0 Å². The maximum absolute atomic E-state index is 6.77. The van der Waals surface area contributed by atoms with Gasteiger partial charge in [0.05, 0.1) is 0 Å². The summed E-state index contributed by atoms with van der Waals surface area (Å²) in [6.07, 6.45) is -0.573. The van der Waals surface area contributed by atoms with Crippen LogP contribution in [0.3, 0.4) is 0 Å². The van der Waals surface area contributed by atoms with Crippen LogP contribution in [0.5, 0.6) is 0 Å². The Kier molecular flexibility index (Phi) is 7.35. The number of nitrogens with one attached hydrogen (secondary N) is 2. The minimum absolute atomic E-state index is 0.209. The van der Waals surface area contributed by atoms with Crippen LogP contribution in [-0.4, -0.2) is 5.84 Å². The van der Waals surface area contributed by atoms with Gasteiger partial charge < -0.3 is 9.73 Å². The van der Waals surface area contributed by atoms with Gasteiger partial charge in [-0.15, -0.1) is 0 Å². The molecule has 1 aliphatic heterocycles. The Morgan fingerprint density at radius 2 is 1.13 bits per heavy atom.